The highest BCUT2D eigenvalue weighted by Crippen LogP contribution is 2.23. The van der Waals surface area contributed by atoms with Crippen molar-refractivity contribution in [2.24, 2.45) is 0 Å². The van der Waals surface area contributed by atoms with E-state index in [0.717, 1.165) is 36.4 Å². The molecule has 4 rings (SSSR count). The van der Waals surface area contributed by atoms with Gasteiger partial charge in [0.2, 0.25) is 11.8 Å². The van der Waals surface area contributed by atoms with Gasteiger partial charge in [0.05, 0.1) is 11.9 Å². The number of halogens is 1. The van der Waals surface area contributed by atoms with Gasteiger partial charge in [0.25, 0.3) is 0 Å². The van der Waals surface area contributed by atoms with Crippen molar-refractivity contribution in [3.63, 3.8) is 0 Å². The van der Waals surface area contributed by atoms with Gasteiger partial charge < -0.3 is 20.3 Å². The Morgan fingerprint density at radius 3 is 2.57 bits per heavy atom. The number of aromatic nitrogens is 3. The van der Waals surface area contributed by atoms with Crippen molar-refractivity contribution >= 4 is 33.6 Å². The van der Waals surface area contributed by atoms with Crippen LogP contribution in [0.4, 0.5) is 16.4 Å². The number of pyridine rings is 1. The standard InChI is InChI=1S/C21H21BrN6O2/c22-15-3-1-4-18(13-15)30-19-6-5-17(14-25-19)27-21(29)26-16-7-11-28(12-8-16)20-23-9-2-10-24-20/h1-6,9-10,13-14,16H,7-8,11-12H2,(H2,26,27,29). The van der Waals surface area contributed by atoms with Gasteiger partial charge >= 0.3 is 6.03 Å². The molecular formula is C21H21BrN6O2. The van der Waals surface area contributed by atoms with Crippen LogP contribution in [0.1, 0.15) is 12.8 Å². The Hall–Kier alpha value is -3.20. The molecule has 1 saturated heterocycles. The maximum atomic E-state index is 12.3. The summed E-state index contributed by atoms with van der Waals surface area (Å²) in [5, 5.41) is 5.84. The highest BCUT2D eigenvalue weighted by molar-refractivity contribution is 9.10. The summed E-state index contributed by atoms with van der Waals surface area (Å²) in [5.74, 6) is 1.87. The van der Waals surface area contributed by atoms with Gasteiger partial charge in [0.1, 0.15) is 5.75 Å². The number of rotatable bonds is 5. The lowest BCUT2D eigenvalue weighted by atomic mass is 10.1. The molecule has 9 heteroatoms. The van der Waals surface area contributed by atoms with Gasteiger partial charge in [-0.15, -0.1) is 0 Å². The molecular weight excluding hydrogens is 448 g/mol. The predicted molar refractivity (Wildman–Crippen MR) is 118 cm³/mol. The molecule has 2 N–H and O–H groups in total. The molecule has 0 saturated carbocycles. The Bertz CT molecular complexity index is 978. The number of benzene rings is 1. The van der Waals surface area contributed by atoms with Crippen LogP contribution in [-0.2, 0) is 0 Å². The molecule has 1 aliphatic rings. The molecule has 1 aromatic carbocycles. The summed E-state index contributed by atoms with van der Waals surface area (Å²) in [7, 11) is 0. The van der Waals surface area contributed by atoms with Gasteiger partial charge in [-0.2, -0.15) is 0 Å². The van der Waals surface area contributed by atoms with Gasteiger partial charge in [-0.25, -0.2) is 19.7 Å². The highest BCUT2D eigenvalue weighted by atomic mass is 79.9. The number of urea groups is 1. The van der Waals surface area contributed by atoms with E-state index in [1.807, 2.05) is 24.3 Å². The number of anilines is 2. The minimum Gasteiger partial charge on any atom is -0.439 e. The third-order valence-electron chi connectivity index (χ3n) is 4.68. The quantitative estimate of drug-likeness (QED) is 0.582. The molecule has 2 amide bonds. The molecule has 3 heterocycles. The van der Waals surface area contributed by atoms with Crippen molar-refractivity contribution in [3.8, 4) is 11.6 Å². The molecule has 0 aliphatic carbocycles. The van der Waals surface area contributed by atoms with Crippen LogP contribution in [0.2, 0.25) is 0 Å². The van der Waals surface area contributed by atoms with Crippen molar-refractivity contribution in [2.45, 2.75) is 18.9 Å². The lowest BCUT2D eigenvalue weighted by Crippen LogP contribution is -2.46. The Morgan fingerprint density at radius 1 is 1.07 bits per heavy atom. The third-order valence-corrected chi connectivity index (χ3v) is 5.17. The number of amides is 2. The molecule has 3 aromatic rings. The minimum absolute atomic E-state index is 0.108. The van der Waals surface area contributed by atoms with Gasteiger partial charge in [0, 0.05) is 42.1 Å². The van der Waals surface area contributed by atoms with E-state index in [0.29, 0.717) is 17.3 Å². The van der Waals surface area contributed by atoms with Crippen molar-refractivity contribution in [1.82, 2.24) is 20.3 Å². The Balaban J connectivity index is 1.24. The van der Waals surface area contributed by atoms with Crippen LogP contribution in [-0.4, -0.2) is 40.1 Å². The first-order valence-corrected chi connectivity index (χ1v) is 10.4. The smallest absolute Gasteiger partial charge is 0.319 e. The number of ether oxygens (including phenoxy) is 1. The molecule has 0 atom stereocenters. The summed E-state index contributed by atoms with van der Waals surface area (Å²) in [6.07, 6.45) is 6.72. The van der Waals surface area contributed by atoms with Crippen LogP contribution in [0.5, 0.6) is 11.6 Å². The Labute approximate surface area is 182 Å². The van der Waals surface area contributed by atoms with Crippen LogP contribution >= 0.6 is 15.9 Å². The fraction of sp³-hybridized carbons (Fsp3) is 0.238. The summed E-state index contributed by atoms with van der Waals surface area (Å²) >= 11 is 3.41. The number of nitrogens with one attached hydrogen (secondary N) is 2. The first-order valence-electron chi connectivity index (χ1n) is 9.65. The average molecular weight is 469 g/mol. The fourth-order valence-electron chi connectivity index (χ4n) is 3.20. The van der Waals surface area contributed by atoms with Crippen molar-refractivity contribution in [3.05, 3.63) is 65.5 Å². The van der Waals surface area contributed by atoms with Crippen LogP contribution < -0.4 is 20.3 Å². The lowest BCUT2D eigenvalue weighted by Gasteiger charge is -2.32. The van der Waals surface area contributed by atoms with E-state index in [4.69, 9.17) is 4.74 Å². The van der Waals surface area contributed by atoms with Crippen LogP contribution in [0.3, 0.4) is 0 Å². The summed E-state index contributed by atoms with van der Waals surface area (Å²) < 4.78 is 6.63. The van der Waals surface area contributed by atoms with E-state index in [-0.39, 0.29) is 12.1 Å². The third kappa shape index (κ3) is 5.44. The van der Waals surface area contributed by atoms with E-state index in [2.05, 4.69) is 46.4 Å². The molecule has 2 aromatic heterocycles. The molecule has 0 spiro atoms. The van der Waals surface area contributed by atoms with E-state index in [9.17, 15) is 4.79 Å². The topological polar surface area (TPSA) is 92.3 Å². The molecule has 1 fully saturated rings. The highest BCUT2D eigenvalue weighted by Gasteiger charge is 2.22. The lowest BCUT2D eigenvalue weighted by molar-refractivity contribution is 0.246. The van der Waals surface area contributed by atoms with E-state index in [1.54, 1.807) is 36.8 Å². The summed E-state index contributed by atoms with van der Waals surface area (Å²) in [5.41, 5.74) is 0.601. The minimum atomic E-state index is -0.244. The normalized spacial score (nSPS) is 14.2. The van der Waals surface area contributed by atoms with E-state index < -0.39 is 0 Å². The number of piperidine rings is 1. The predicted octanol–water partition coefficient (Wildman–Crippen LogP) is 4.22. The van der Waals surface area contributed by atoms with Gasteiger partial charge in [-0.1, -0.05) is 22.0 Å². The molecule has 8 nitrogen and oxygen atoms in total. The maximum Gasteiger partial charge on any atom is 0.319 e. The van der Waals surface area contributed by atoms with Crippen LogP contribution in [0.15, 0.2) is 65.5 Å². The van der Waals surface area contributed by atoms with Gasteiger partial charge in [-0.05, 0) is 43.2 Å². The van der Waals surface area contributed by atoms with Crippen LogP contribution in [0.25, 0.3) is 0 Å². The second-order valence-electron chi connectivity index (χ2n) is 6.85. The Morgan fingerprint density at radius 2 is 1.87 bits per heavy atom. The second kappa shape index (κ2) is 9.53. The van der Waals surface area contributed by atoms with Crippen molar-refractivity contribution < 1.29 is 9.53 Å². The molecule has 0 radical (unpaired) electrons. The number of carbonyl (C=O) groups is 1. The molecule has 154 valence electrons. The number of hydrogen-bond acceptors (Lipinski definition) is 6. The molecule has 30 heavy (non-hydrogen) atoms. The van der Waals surface area contributed by atoms with E-state index >= 15 is 0 Å². The van der Waals surface area contributed by atoms with Crippen molar-refractivity contribution in [1.29, 1.82) is 0 Å². The first kappa shape index (κ1) is 20.1. The monoisotopic (exact) mass is 468 g/mol. The number of nitrogens with zero attached hydrogens (tertiary/aromatic N) is 4. The first-order chi connectivity index (χ1) is 14.7. The molecule has 0 unspecified atom stereocenters. The van der Waals surface area contributed by atoms with Gasteiger partial charge in [-0.3, -0.25) is 0 Å². The van der Waals surface area contributed by atoms with Gasteiger partial charge in [0.15, 0.2) is 0 Å². The fourth-order valence-corrected chi connectivity index (χ4v) is 3.58. The number of carbonyl (C=O) groups excluding carboxylic acids is 1. The average Bonchev–Trinajstić information content (AvgIpc) is 2.76. The zero-order valence-corrected chi connectivity index (χ0v) is 17.7. The zero-order chi connectivity index (χ0) is 20.8. The van der Waals surface area contributed by atoms with Crippen LogP contribution in [0, 0.1) is 0 Å². The summed E-state index contributed by atoms with van der Waals surface area (Å²) in [4.78, 5) is 27.3. The molecule has 0 bridgehead atoms. The van der Waals surface area contributed by atoms with Crippen molar-refractivity contribution in [2.75, 3.05) is 23.3 Å². The second-order valence-corrected chi connectivity index (χ2v) is 7.77. The molecule has 1 aliphatic heterocycles. The SMILES string of the molecule is O=C(Nc1ccc(Oc2cccc(Br)c2)nc1)NC1CCN(c2ncccn2)CC1. The largest absolute Gasteiger partial charge is 0.439 e. The number of hydrogen-bond donors (Lipinski definition) is 2. The Kier molecular flexibility index (Phi) is 6.38. The summed E-state index contributed by atoms with van der Waals surface area (Å²) in [6.45, 7) is 1.61. The summed E-state index contributed by atoms with van der Waals surface area (Å²) in [6, 6.07) is 12.7. The maximum absolute atomic E-state index is 12.3. The zero-order valence-electron chi connectivity index (χ0n) is 16.2. The van der Waals surface area contributed by atoms with E-state index in [1.165, 1.54) is 0 Å².